The van der Waals surface area contributed by atoms with Crippen LogP contribution in [0.25, 0.3) is 0 Å². The molecule has 0 aromatic rings. The molecule has 0 amide bonds. The van der Waals surface area contributed by atoms with E-state index < -0.39 is 12.8 Å². The molecule has 0 aromatic heterocycles. The van der Waals surface area contributed by atoms with Crippen molar-refractivity contribution < 1.29 is 22.7 Å². The van der Waals surface area contributed by atoms with Crippen LogP contribution < -0.4 is 0 Å². The lowest BCUT2D eigenvalue weighted by Crippen LogP contribution is -2.18. The summed E-state index contributed by atoms with van der Waals surface area (Å²) in [6, 6.07) is 0. The van der Waals surface area contributed by atoms with Gasteiger partial charge in [0.15, 0.2) is 0 Å². The molecule has 0 spiro atoms. The SMILES string of the molecule is O=C(CBr)CCOCC(F)(F)F. The maximum atomic E-state index is 11.4. The Morgan fingerprint density at radius 2 is 2.00 bits per heavy atom. The number of carbonyl (C=O) groups excluding carboxylic acids is 1. The number of rotatable bonds is 5. The van der Waals surface area contributed by atoms with Crippen LogP contribution in [0.15, 0.2) is 0 Å². The Bertz CT molecular complexity index is 146. The van der Waals surface area contributed by atoms with Crippen molar-refractivity contribution >= 4 is 21.7 Å². The Kier molecular flexibility index (Phi) is 5.48. The lowest BCUT2D eigenvalue weighted by Gasteiger charge is -2.05. The number of halogens is 4. The van der Waals surface area contributed by atoms with Gasteiger partial charge >= 0.3 is 6.18 Å². The molecule has 0 N–H and O–H groups in total. The Morgan fingerprint density at radius 3 is 2.42 bits per heavy atom. The van der Waals surface area contributed by atoms with Gasteiger partial charge in [0, 0.05) is 6.42 Å². The second kappa shape index (κ2) is 5.53. The molecular weight excluding hydrogens is 241 g/mol. The molecule has 12 heavy (non-hydrogen) atoms. The van der Waals surface area contributed by atoms with Gasteiger partial charge in [-0.25, -0.2) is 0 Å². The summed E-state index contributed by atoms with van der Waals surface area (Å²) in [6.07, 6.45) is -4.29. The maximum Gasteiger partial charge on any atom is 0.411 e. The van der Waals surface area contributed by atoms with Crippen molar-refractivity contribution in [1.29, 1.82) is 0 Å². The first-order valence-electron chi connectivity index (χ1n) is 3.18. The van der Waals surface area contributed by atoms with Gasteiger partial charge in [0.25, 0.3) is 0 Å². The average molecular weight is 249 g/mol. The number of Topliss-reactive ketones (excluding diaryl/α,β-unsaturated/α-hetero) is 1. The minimum atomic E-state index is -4.31. The quantitative estimate of drug-likeness (QED) is 0.549. The first kappa shape index (κ1) is 11.9. The van der Waals surface area contributed by atoms with Crippen LogP contribution in [0.1, 0.15) is 6.42 Å². The summed E-state index contributed by atoms with van der Waals surface area (Å²) in [6.45, 7) is -1.47. The molecule has 72 valence electrons. The van der Waals surface area contributed by atoms with Gasteiger partial charge < -0.3 is 4.74 Å². The van der Waals surface area contributed by atoms with Crippen molar-refractivity contribution in [3.05, 3.63) is 0 Å². The molecule has 0 aromatic carbocycles. The Labute approximate surface area is 76.2 Å². The number of carbonyl (C=O) groups is 1. The lowest BCUT2D eigenvalue weighted by atomic mass is 10.3. The number of hydrogen-bond acceptors (Lipinski definition) is 2. The van der Waals surface area contributed by atoms with E-state index in [4.69, 9.17) is 0 Å². The van der Waals surface area contributed by atoms with E-state index in [2.05, 4.69) is 20.7 Å². The molecule has 0 atom stereocenters. The van der Waals surface area contributed by atoms with Crippen molar-refractivity contribution in [2.24, 2.45) is 0 Å². The van der Waals surface area contributed by atoms with E-state index in [9.17, 15) is 18.0 Å². The first-order valence-corrected chi connectivity index (χ1v) is 4.30. The van der Waals surface area contributed by atoms with Crippen molar-refractivity contribution in [2.45, 2.75) is 12.6 Å². The highest BCUT2D eigenvalue weighted by atomic mass is 79.9. The van der Waals surface area contributed by atoms with Crippen molar-refractivity contribution in [2.75, 3.05) is 18.5 Å². The summed E-state index contributed by atoms with van der Waals surface area (Å²) >= 11 is 2.88. The first-order chi connectivity index (χ1) is 5.45. The third-order valence-corrected chi connectivity index (χ3v) is 1.57. The minimum Gasteiger partial charge on any atom is -0.372 e. The predicted octanol–water partition coefficient (Wildman–Crippen LogP) is 1.92. The smallest absolute Gasteiger partial charge is 0.372 e. The molecule has 0 aliphatic carbocycles. The summed E-state index contributed by atoms with van der Waals surface area (Å²) < 4.78 is 38.5. The molecule has 0 rings (SSSR count). The zero-order chi connectivity index (χ0) is 9.61. The van der Waals surface area contributed by atoms with Crippen LogP contribution in [0.2, 0.25) is 0 Å². The molecule has 6 heteroatoms. The Morgan fingerprint density at radius 1 is 1.42 bits per heavy atom. The molecule has 0 saturated carbocycles. The number of hydrogen-bond donors (Lipinski definition) is 0. The van der Waals surface area contributed by atoms with Gasteiger partial charge in [-0.1, -0.05) is 15.9 Å². The molecule has 2 nitrogen and oxygen atoms in total. The van der Waals surface area contributed by atoms with Gasteiger partial charge in [0.1, 0.15) is 12.4 Å². The van der Waals surface area contributed by atoms with E-state index >= 15 is 0 Å². The topological polar surface area (TPSA) is 26.3 Å². The van der Waals surface area contributed by atoms with Gasteiger partial charge in [-0.2, -0.15) is 13.2 Å². The molecule has 0 fully saturated rings. The highest BCUT2D eigenvalue weighted by molar-refractivity contribution is 9.09. The third kappa shape index (κ3) is 8.00. The van der Waals surface area contributed by atoms with Gasteiger partial charge in [0.05, 0.1) is 11.9 Å². The summed E-state index contributed by atoms with van der Waals surface area (Å²) in [4.78, 5) is 10.5. The van der Waals surface area contributed by atoms with Gasteiger partial charge in [-0.05, 0) is 0 Å². The second-order valence-corrected chi connectivity index (χ2v) is 2.65. The minimum absolute atomic E-state index is 0.0152. The zero-order valence-electron chi connectivity index (χ0n) is 6.16. The summed E-state index contributed by atoms with van der Waals surface area (Å²) in [7, 11) is 0. The third-order valence-electron chi connectivity index (χ3n) is 0.940. The van der Waals surface area contributed by atoms with Crippen LogP contribution in [-0.4, -0.2) is 30.5 Å². The second-order valence-electron chi connectivity index (χ2n) is 2.09. The van der Waals surface area contributed by atoms with Gasteiger partial charge in [0.2, 0.25) is 0 Å². The van der Waals surface area contributed by atoms with E-state index in [1.54, 1.807) is 0 Å². The van der Waals surface area contributed by atoms with Crippen LogP contribution in [0.3, 0.4) is 0 Å². The van der Waals surface area contributed by atoms with Crippen molar-refractivity contribution in [3.8, 4) is 0 Å². The molecule has 0 unspecified atom stereocenters. The fraction of sp³-hybridized carbons (Fsp3) is 0.833. The van der Waals surface area contributed by atoms with Crippen molar-refractivity contribution in [3.63, 3.8) is 0 Å². The summed E-state index contributed by atoms with van der Waals surface area (Å²) in [5.41, 5.74) is 0. The maximum absolute atomic E-state index is 11.4. The average Bonchev–Trinajstić information content (AvgIpc) is 1.96. The van der Waals surface area contributed by atoms with Crippen LogP contribution in [0, 0.1) is 0 Å². The van der Waals surface area contributed by atoms with Gasteiger partial charge in [-0.15, -0.1) is 0 Å². The normalized spacial score (nSPS) is 11.7. The molecule has 0 saturated heterocycles. The van der Waals surface area contributed by atoms with E-state index in [1.165, 1.54) is 0 Å². The van der Waals surface area contributed by atoms with Crippen LogP contribution >= 0.6 is 15.9 Å². The van der Waals surface area contributed by atoms with E-state index in [1.807, 2.05) is 0 Å². The monoisotopic (exact) mass is 248 g/mol. The van der Waals surface area contributed by atoms with Crippen LogP contribution in [0.5, 0.6) is 0 Å². The van der Waals surface area contributed by atoms with Crippen LogP contribution in [-0.2, 0) is 9.53 Å². The predicted molar refractivity (Wildman–Crippen MR) is 40.3 cm³/mol. The zero-order valence-corrected chi connectivity index (χ0v) is 7.74. The lowest BCUT2D eigenvalue weighted by molar-refractivity contribution is -0.174. The highest BCUT2D eigenvalue weighted by Crippen LogP contribution is 2.14. The number of ether oxygens (including phenoxy) is 1. The molecule has 0 heterocycles. The van der Waals surface area contributed by atoms with E-state index in [0.717, 1.165) is 0 Å². The van der Waals surface area contributed by atoms with Crippen LogP contribution in [0.4, 0.5) is 13.2 Å². The highest BCUT2D eigenvalue weighted by Gasteiger charge is 2.27. The fourth-order valence-electron chi connectivity index (χ4n) is 0.441. The van der Waals surface area contributed by atoms with E-state index in [-0.39, 0.29) is 24.1 Å². The summed E-state index contributed by atoms with van der Waals surface area (Å²) in [5.74, 6) is -0.169. The van der Waals surface area contributed by atoms with Crippen molar-refractivity contribution in [1.82, 2.24) is 0 Å². The largest absolute Gasteiger partial charge is 0.411 e. The molecule has 0 bridgehead atoms. The standard InChI is InChI=1S/C6H8BrF3O2/c7-3-5(11)1-2-12-4-6(8,9)10/h1-4H2. The molecule has 0 radical (unpaired) electrons. The molecule has 0 aliphatic rings. The Hall–Kier alpha value is -0.100. The Balaban J connectivity index is 3.28. The molecule has 0 aliphatic heterocycles. The molecular formula is C6H8BrF3O2. The number of alkyl halides is 4. The number of ketones is 1. The fourth-order valence-corrected chi connectivity index (χ4v) is 0.721. The summed E-state index contributed by atoms with van der Waals surface area (Å²) in [5, 5.41) is 0.155. The van der Waals surface area contributed by atoms with Gasteiger partial charge in [-0.3, -0.25) is 4.79 Å². The van der Waals surface area contributed by atoms with E-state index in [0.29, 0.717) is 0 Å².